The van der Waals surface area contributed by atoms with Crippen LogP contribution >= 0.6 is 0 Å². The molecule has 0 bridgehead atoms. The molecule has 0 saturated heterocycles. The molecular weight excluding hydrogens is 806 g/mol. The van der Waals surface area contributed by atoms with Crippen LogP contribution in [0.5, 0.6) is 0 Å². The quantitative estimate of drug-likeness (QED) is 0.0129. The van der Waals surface area contributed by atoms with Gasteiger partial charge in [-0.2, -0.15) is 0 Å². The van der Waals surface area contributed by atoms with Crippen LogP contribution in [-0.4, -0.2) is 156 Å². The van der Waals surface area contributed by atoms with E-state index in [1.807, 2.05) is 0 Å². The van der Waals surface area contributed by atoms with Crippen molar-refractivity contribution in [2.24, 2.45) is 33.7 Å². The first kappa shape index (κ1) is 55.5. The Kier molecular flexibility index (Phi) is 27.8. The lowest BCUT2D eigenvalue weighted by Crippen LogP contribution is -2.61. The molecule has 8 amide bonds. The standard InChI is InChI=1S/C36H67N13O12/c1-19(44-35(61)28(20(2)52)49-34(60)26(12-13-27(39)54)47-31(57)23(38)9-4-6-14-37)29(55)46-25(11-8-16-43-36(40)41)33(59)48-24(32(58)45-22(17-50)18-51)10-5-7-15-42-30(56)21(3)53/h17,19-26,28,51-53H,4-16,18,37-38H2,1-3H3,(H2,39,54)(H,42,56)(H,44,61)(H,45,58)(H,46,55)(H,47,57)(H,48,59)(H,49,60)(H4,40,41,43)/t19-,20+,21-,22+,23-,24-,25-,26-,28-/m0/s1. The Labute approximate surface area is 354 Å². The summed E-state index contributed by atoms with van der Waals surface area (Å²) in [5.41, 5.74) is 27.5. The maximum absolute atomic E-state index is 13.7. The number of aldehydes is 1. The zero-order chi connectivity index (χ0) is 46.7. The smallest absolute Gasteiger partial charge is 0.248 e. The van der Waals surface area contributed by atoms with E-state index >= 15 is 0 Å². The average Bonchev–Trinajstić information content (AvgIpc) is 3.19. The van der Waals surface area contributed by atoms with E-state index in [1.54, 1.807) is 0 Å². The molecule has 9 atom stereocenters. The molecule has 0 fully saturated rings. The van der Waals surface area contributed by atoms with Gasteiger partial charge in [0.2, 0.25) is 47.3 Å². The number of guanidine groups is 1. The Morgan fingerprint density at radius 1 is 0.639 bits per heavy atom. The largest absolute Gasteiger partial charge is 0.394 e. The van der Waals surface area contributed by atoms with Crippen LogP contribution in [0.3, 0.4) is 0 Å². The molecule has 0 aromatic heterocycles. The SMILES string of the molecule is C[C@H](O)C(=O)NCCCC[C@H](NC(=O)[C@H](CCCN=C(N)N)NC(=O)[C@H](C)NC(=O)[C@@H](NC(=O)[C@H](CCC(N)=O)NC(=O)[C@@H](N)CCCCN)[C@@H](C)O)C(=O)N[C@H](C=O)CO. The van der Waals surface area contributed by atoms with Gasteiger partial charge >= 0.3 is 0 Å². The first-order chi connectivity index (χ1) is 28.7. The highest BCUT2D eigenvalue weighted by atomic mass is 16.3. The summed E-state index contributed by atoms with van der Waals surface area (Å²) in [5.74, 6) is -7.00. The van der Waals surface area contributed by atoms with Crippen LogP contribution < -0.4 is 65.9 Å². The second-order valence-corrected chi connectivity index (χ2v) is 14.4. The molecule has 0 heterocycles. The highest BCUT2D eigenvalue weighted by Crippen LogP contribution is 2.08. The van der Waals surface area contributed by atoms with Gasteiger partial charge in [-0.3, -0.25) is 43.3 Å². The third-order valence-electron chi connectivity index (χ3n) is 8.93. The molecule has 0 radical (unpaired) electrons. The summed E-state index contributed by atoms with van der Waals surface area (Å²) in [5, 5.41) is 46.1. The molecule has 25 nitrogen and oxygen atoms in total. The van der Waals surface area contributed by atoms with E-state index in [-0.39, 0.29) is 64.0 Å². The van der Waals surface area contributed by atoms with Gasteiger partial charge in [-0.05, 0) is 78.7 Å². The number of aliphatic hydroxyl groups is 3. The molecule has 0 spiro atoms. The summed E-state index contributed by atoms with van der Waals surface area (Å²) in [6.45, 7) is 3.51. The van der Waals surface area contributed by atoms with E-state index in [9.17, 15) is 58.5 Å². The molecule has 61 heavy (non-hydrogen) atoms. The van der Waals surface area contributed by atoms with E-state index in [2.05, 4.69) is 42.2 Å². The second-order valence-electron chi connectivity index (χ2n) is 14.4. The summed E-state index contributed by atoms with van der Waals surface area (Å²) in [7, 11) is 0. The number of aliphatic hydroxyl groups excluding tert-OH is 3. The molecule has 25 heteroatoms. The first-order valence-electron chi connectivity index (χ1n) is 20.0. The van der Waals surface area contributed by atoms with Crippen molar-refractivity contribution in [3.8, 4) is 0 Å². The number of nitrogens with one attached hydrogen (secondary N) is 7. The predicted molar refractivity (Wildman–Crippen MR) is 220 cm³/mol. The zero-order valence-electron chi connectivity index (χ0n) is 35.0. The van der Waals surface area contributed by atoms with Crippen LogP contribution in [0.4, 0.5) is 0 Å². The minimum absolute atomic E-state index is 0.0264. The fourth-order valence-corrected chi connectivity index (χ4v) is 5.35. The van der Waals surface area contributed by atoms with Crippen molar-refractivity contribution in [3.05, 3.63) is 0 Å². The van der Waals surface area contributed by atoms with Gasteiger partial charge in [0.05, 0.1) is 18.8 Å². The van der Waals surface area contributed by atoms with Crippen molar-refractivity contribution in [3.63, 3.8) is 0 Å². The number of carbonyl (C=O) groups is 9. The normalized spacial score (nSPS) is 15.3. The third-order valence-corrected chi connectivity index (χ3v) is 8.93. The molecule has 0 aliphatic carbocycles. The Morgan fingerprint density at radius 3 is 1.72 bits per heavy atom. The van der Waals surface area contributed by atoms with Crippen LogP contribution in [-0.2, 0) is 43.2 Å². The molecule has 0 saturated carbocycles. The topological polar surface area (TPSA) is 441 Å². The number of rotatable bonds is 32. The van der Waals surface area contributed by atoms with Crippen LogP contribution in [0.2, 0.25) is 0 Å². The lowest BCUT2D eigenvalue weighted by atomic mass is 10.0. The van der Waals surface area contributed by atoms with Crippen LogP contribution in [0.1, 0.15) is 85.0 Å². The summed E-state index contributed by atoms with van der Waals surface area (Å²) in [6, 6.07) is -9.49. The Hall–Kier alpha value is -5.50. The molecule has 20 N–H and O–H groups in total. The Morgan fingerprint density at radius 2 is 1.18 bits per heavy atom. The van der Waals surface area contributed by atoms with Gasteiger partial charge in [-0.25, -0.2) is 0 Å². The fraction of sp³-hybridized carbons (Fsp3) is 0.722. The number of nitrogens with two attached hydrogens (primary N) is 5. The number of primary amides is 1. The number of aliphatic imine (C=N–C) groups is 1. The minimum atomic E-state index is -1.69. The van der Waals surface area contributed by atoms with E-state index < -0.39 is 108 Å². The van der Waals surface area contributed by atoms with Crippen molar-refractivity contribution in [1.29, 1.82) is 0 Å². The summed E-state index contributed by atoms with van der Waals surface area (Å²) in [6.07, 6.45) is -1.15. The van der Waals surface area contributed by atoms with Gasteiger partial charge < -0.3 is 86.0 Å². The monoisotopic (exact) mass is 874 g/mol. The Balaban J connectivity index is 6.10. The van der Waals surface area contributed by atoms with Gasteiger partial charge in [0, 0.05) is 19.5 Å². The predicted octanol–water partition coefficient (Wildman–Crippen LogP) is -7.07. The number of amides is 8. The number of hydrogen-bond acceptors (Lipinski definition) is 15. The van der Waals surface area contributed by atoms with Crippen molar-refractivity contribution < 1.29 is 58.5 Å². The molecule has 0 aliphatic rings. The maximum atomic E-state index is 13.7. The van der Waals surface area contributed by atoms with Crippen LogP contribution in [0, 0.1) is 0 Å². The highest BCUT2D eigenvalue weighted by Gasteiger charge is 2.33. The molecular formula is C36H67N13O12. The van der Waals surface area contributed by atoms with E-state index in [1.165, 1.54) is 20.8 Å². The van der Waals surface area contributed by atoms with Crippen molar-refractivity contribution in [1.82, 2.24) is 37.2 Å². The molecule has 0 aromatic rings. The van der Waals surface area contributed by atoms with E-state index in [4.69, 9.17) is 28.7 Å². The van der Waals surface area contributed by atoms with Gasteiger partial charge in [0.1, 0.15) is 48.6 Å². The van der Waals surface area contributed by atoms with Gasteiger partial charge in [0.25, 0.3) is 0 Å². The zero-order valence-corrected chi connectivity index (χ0v) is 35.0. The molecule has 0 aromatic carbocycles. The van der Waals surface area contributed by atoms with Crippen molar-refractivity contribution in [2.75, 3.05) is 26.2 Å². The number of hydrogen-bond donors (Lipinski definition) is 15. The molecule has 0 unspecified atom stereocenters. The Bertz CT molecular complexity index is 1480. The van der Waals surface area contributed by atoms with Gasteiger partial charge in [0.15, 0.2) is 5.96 Å². The second kappa shape index (κ2) is 30.5. The lowest BCUT2D eigenvalue weighted by Gasteiger charge is -2.27. The lowest BCUT2D eigenvalue weighted by molar-refractivity contribution is -0.136. The number of unbranched alkanes of at least 4 members (excludes halogenated alkanes) is 2. The fourth-order valence-electron chi connectivity index (χ4n) is 5.35. The maximum Gasteiger partial charge on any atom is 0.248 e. The first-order valence-corrected chi connectivity index (χ1v) is 20.0. The summed E-state index contributed by atoms with van der Waals surface area (Å²) < 4.78 is 0. The third kappa shape index (κ3) is 23.8. The average molecular weight is 874 g/mol. The van der Waals surface area contributed by atoms with Gasteiger partial charge in [-0.1, -0.05) is 6.42 Å². The molecule has 0 rings (SSSR count). The van der Waals surface area contributed by atoms with E-state index in [0.29, 0.717) is 32.1 Å². The van der Waals surface area contributed by atoms with Crippen LogP contribution in [0.15, 0.2) is 4.99 Å². The summed E-state index contributed by atoms with van der Waals surface area (Å²) in [4.78, 5) is 118. The van der Waals surface area contributed by atoms with Crippen molar-refractivity contribution >= 4 is 59.5 Å². The number of carbonyl (C=O) groups excluding carboxylic acids is 9. The van der Waals surface area contributed by atoms with E-state index in [0.717, 1.165) is 0 Å². The highest BCUT2D eigenvalue weighted by molar-refractivity contribution is 5.97. The van der Waals surface area contributed by atoms with Crippen molar-refractivity contribution in [2.45, 2.75) is 139 Å². The molecule has 0 aliphatic heterocycles. The number of nitrogens with zero attached hydrogens (tertiary/aromatic N) is 1. The summed E-state index contributed by atoms with van der Waals surface area (Å²) >= 11 is 0. The van der Waals surface area contributed by atoms with Crippen LogP contribution in [0.25, 0.3) is 0 Å². The molecule has 348 valence electrons. The van der Waals surface area contributed by atoms with Gasteiger partial charge in [-0.15, -0.1) is 0 Å². The minimum Gasteiger partial charge on any atom is -0.394 e.